The minimum absolute atomic E-state index is 0.0809. The molecule has 1 fully saturated rings. The van der Waals surface area contributed by atoms with Crippen LogP contribution in [0.3, 0.4) is 0 Å². The maximum absolute atomic E-state index is 6.35. The molecule has 2 rings (SSSR count). The summed E-state index contributed by atoms with van der Waals surface area (Å²) in [7, 11) is 0. The second-order valence-corrected chi connectivity index (χ2v) is 5.20. The van der Waals surface area contributed by atoms with E-state index in [1.54, 1.807) is 0 Å². The normalized spacial score (nSPS) is 18.1. The smallest absolute Gasteiger partial charge is 0.120 e. The van der Waals surface area contributed by atoms with Gasteiger partial charge < -0.3 is 15.2 Å². The monoisotopic (exact) mass is 263 g/mol. The summed E-state index contributed by atoms with van der Waals surface area (Å²) >= 11 is 0. The zero-order valence-electron chi connectivity index (χ0n) is 12.0. The second kappa shape index (κ2) is 6.92. The Morgan fingerprint density at radius 2 is 2.11 bits per heavy atom. The number of nitrogens with two attached hydrogens (primary N) is 1. The van der Waals surface area contributed by atoms with Gasteiger partial charge in [0.05, 0.1) is 18.2 Å². The van der Waals surface area contributed by atoms with Crippen molar-refractivity contribution in [2.45, 2.75) is 57.8 Å². The molecule has 1 aromatic carbocycles. The van der Waals surface area contributed by atoms with Crippen molar-refractivity contribution in [3.8, 4) is 5.75 Å². The van der Waals surface area contributed by atoms with E-state index in [0.717, 1.165) is 24.2 Å². The van der Waals surface area contributed by atoms with Gasteiger partial charge in [0.2, 0.25) is 0 Å². The summed E-state index contributed by atoms with van der Waals surface area (Å²) in [5, 5.41) is 0. The molecule has 0 spiro atoms. The lowest BCUT2D eigenvalue weighted by molar-refractivity contribution is 0.0374. The van der Waals surface area contributed by atoms with E-state index in [1.165, 1.54) is 12.8 Å². The van der Waals surface area contributed by atoms with Gasteiger partial charge in [-0.05, 0) is 43.9 Å². The van der Waals surface area contributed by atoms with E-state index >= 15 is 0 Å². The largest absolute Gasteiger partial charge is 0.490 e. The van der Waals surface area contributed by atoms with Crippen LogP contribution in [-0.4, -0.2) is 18.8 Å². The van der Waals surface area contributed by atoms with E-state index in [-0.39, 0.29) is 12.1 Å². The third kappa shape index (κ3) is 4.22. The molecule has 0 aliphatic heterocycles. The van der Waals surface area contributed by atoms with Gasteiger partial charge >= 0.3 is 0 Å². The van der Waals surface area contributed by atoms with Crippen LogP contribution < -0.4 is 10.5 Å². The van der Waals surface area contributed by atoms with E-state index in [4.69, 9.17) is 15.2 Å². The average molecular weight is 263 g/mol. The number of ether oxygens (including phenoxy) is 2. The highest BCUT2D eigenvalue weighted by molar-refractivity contribution is 5.31. The van der Waals surface area contributed by atoms with Crippen LogP contribution in [0.15, 0.2) is 24.3 Å². The highest BCUT2D eigenvalue weighted by Gasteiger charge is 2.24. The van der Waals surface area contributed by atoms with Crippen molar-refractivity contribution in [3.05, 3.63) is 29.8 Å². The molecule has 0 heterocycles. The molecule has 0 amide bonds. The first-order chi connectivity index (χ1) is 9.24. The molecule has 1 aromatic rings. The van der Waals surface area contributed by atoms with Crippen LogP contribution in [0.5, 0.6) is 5.75 Å². The standard InChI is InChI=1S/C16H25NO2/c1-3-6-15(18-4-2)16(17)12-7-5-8-14(11-12)19-13-9-10-13/h5,7-8,11,13,15-16H,3-4,6,9-10,17H2,1-2H3. The minimum Gasteiger partial charge on any atom is -0.490 e. The molecule has 0 bridgehead atoms. The third-order valence-corrected chi connectivity index (χ3v) is 3.42. The van der Waals surface area contributed by atoms with Gasteiger partial charge in [-0.3, -0.25) is 0 Å². The van der Waals surface area contributed by atoms with E-state index in [1.807, 2.05) is 19.1 Å². The molecule has 1 aliphatic rings. The molecular formula is C16H25NO2. The van der Waals surface area contributed by atoms with Crippen molar-refractivity contribution in [2.75, 3.05) is 6.61 Å². The third-order valence-electron chi connectivity index (χ3n) is 3.42. The van der Waals surface area contributed by atoms with Crippen molar-refractivity contribution < 1.29 is 9.47 Å². The van der Waals surface area contributed by atoms with E-state index < -0.39 is 0 Å². The zero-order chi connectivity index (χ0) is 13.7. The number of benzene rings is 1. The number of hydrogen-bond donors (Lipinski definition) is 1. The predicted octanol–water partition coefficient (Wildman–Crippen LogP) is 3.43. The first-order valence-corrected chi connectivity index (χ1v) is 7.38. The van der Waals surface area contributed by atoms with Crippen LogP contribution in [0.25, 0.3) is 0 Å². The summed E-state index contributed by atoms with van der Waals surface area (Å²) in [6.07, 6.45) is 4.93. The van der Waals surface area contributed by atoms with Crippen molar-refractivity contribution >= 4 is 0 Å². The van der Waals surface area contributed by atoms with Crippen LogP contribution in [-0.2, 0) is 4.74 Å². The lowest BCUT2D eigenvalue weighted by Crippen LogP contribution is -2.29. The van der Waals surface area contributed by atoms with Crippen LogP contribution >= 0.6 is 0 Å². The minimum atomic E-state index is -0.0809. The molecule has 2 atom stereocenters. The molecule has 0 saturated heterocycles. The molecule has 3 nitrogen and oxygen atoms in total. The van der Waals surface area contributed by atoms with Gasteiger partial charge in [-0.15, -0.1) is 0 Å². The Kier molecular flexibility index (Phi) is 5.23. The van der Waals surface area contributed by atoms with Gasteiger partial charge in [0.25, 0.3) is 0 Å². The molecule has 2 unspecified atom stereocenters. The number of hydrogen-bond acceptors (Lipinski definition) is 3. The summed E-state index contributed by atoms with van der Waals surface area (Å²) < 4.78 is 11.6. The summed E-state index contributed by atoms with van der Waals surface area (Å²) in [5.41, 5.74) is 7.45. The van der Waals surface area contributed by atoms with Crippen LogP contribution in [0.2, 0.25) is 0 Å². The molecule has 2 N–H and O–H groups in total. The van der Waals surface area contributed by atoms with Gasteiger partial charge in [0.1, 0.15) is 5.75 Å². The summed E-state index contributed by atoms with van der Waals surface area (Å²) in [5.74, 6) is 0.933. The quantitative estimate of drug-likeness (QED) is 0.781. The molecule has 0 radical (unpaired) electrons. The van der Waals surface area contributed by atoms with Crippen LogP contribution in [0, 0.1) is 0 Å². The summed E-state index contributed by atoms with van der Waals surface area (Å²) in [6, 6.07) is 8.06. The highest BCUT2D eigenvalue weighted by Crippen LogP contribution is 2.29. The van der Waals surface area contributed by atoms with Gasteiger partial charge in [0, 0.05) is 6.61 Å². The van der Waals surface area contributed by atoms with Gasteiger partial charge in [0.15, 0.2) is 0 Å². The molecular weight excluding hydrogens is 238 g/mol. The lowest BCUT2D eigenvalue weighted by Gasteiger charge is -2.24. The van der Waals surface area contributed by atoms with Gasteiger partial charge in [-0.25, -0.2) is 0 Å². The molecule has 3 heteroatoms. The Balaban J connectivity index is 2.04. The molecule has 0 aromatic heterocycles. The van der Waals surface area contributed by atoms with Crippen molar-refractivity contribution in [1.29, 1.82) is 0 Å². The molecule has 1 saturated carbocycles. The average Bonchev–Trinajstić information content (AvgIpc) is 3.22. The Labute approximate surface area is 116 Å². The fourth-order valence-corrected chi connectivity index (χ4v) is 2.25. The first-order valence-electron chi connectivity index (χ1n) is 7.38. The maximum Gasteiger partial charge on any atom is 0.120 e. The van der Waals surface area contributed by atoms with Gasteiger partial charge in [-0.1, -0.05) is 25.5 Å². The van der Waals surface area contributed by atoms with Crippen molar-refractivity contribution in [3.63, 3.8) is 0 Å². The van der Waals surface area contributed by atoms with E-state index in [2.05, 4.69) is 19.1 Å². The summed E-state index contributed by atoms with van der Waals surface area (Å²) in [4.78, 5) is 0. The zero-order valence-corrected chi connectivity index (χ0v) is 12.0. The van der Waals surface area contributed by atoms with Crippen LogP contribution in [0.4, 0.5) is 0 Å². The Morgan fingerprint density at radius 3 is 2.74 bits per heavy atom. The highest BCUT2D eigenvalue weighted by atomic mass is 16.5. The van der Waals surface area contributed by atoms with Gasteiger partial charge in [-0.2, -0.15) is 0 Å². The van der Waals surface area contributed by atoms with E-state index in [9.17, 15) is 0 Å². The Morgan fingerprint density at radius 1 is 1.32 bits per heavy atom. The Bertz CT molecular complexity index is 384. The second-order valence-electron chi connectivity index (χ2n) is 5.20. The predicted molar refractivity (Wildman–Crippen MR) is 77.3 cm³/mol. The fourth-order valence-electron chi connectivity index (χ4n) is 2.25. The van der Waals surface area contributed by atoms with E-state index in [0.29, 0.717) is 12.7 Å². The Hall–Kier alpha value is -1.06. The molecule has 1 aliphatic carbocycles. The topological polar surface area (TPSA) is 44.5 Å². The first kappa shape index (κ1) is 14.4. The SMILES string of the molecule is CCCC(OCC)C(N)c1cccc(OC2CC2)c1. The molecule has 106 valence electrons. The van der Waals surface area contributed by atoms with Crippen molar-refractivity contribution in [1.82, 2.24) is 0 Å². The maximum atomic E-state index is 6.35. The molecule has 19 heavy (non-hydrogen) atoms. The van der Waals surface area contributed by atoms with Crippen LogP contribution in [0.1, 0.15) is 51.1 Å². The van der Waals surface area contributed by atoms with Crippen molar-refractivity contribution in [2.24, 2.45) is 5.73 Å². The number of rotatable bonds is 8. The summed E-state index contributed by atoms with van der Waals surface area (Å²) in [6.45, 7) is 4.88. The fraction of sp³-hybridized carbons (Fsp3) is 0.625. The lowest BCUT2D eigenvalue weighted by atomic mass is 9.99.